The van der Waals surface area contributed by atoms with Crippen molar-refractivity contribution in [1.82, 2.24) is 5.32 Å². The molecule has 4 nitrogen and oxygen atoms in total. The van der Waals surface area contributed by atoms with Crippen molar-refractivity contribution >= 4 is 18.3 Å². The Morgan fingerprint density at radius 2 is 1.87 bits per heavy atom. The smallest absolute Gasteiger partial charge is 0.237 e. The number of amides is 1. The van der Waals surface area contributed by atoms with Crippen LogP contribution in [0.3, 0.4) is 0 Å². The summed E-state index contributed by atoms with van der Waals surface area (Å²) in [7, 11) is 0. The van der Waals surface area contributed by atoms with Gasteiger partial charge in [-0.1, -0.05) is 64.4 Å². The third-order valence-corrected chi connectivity index (χ3v) is 4.59. The molecule has 5 heteroatoms. The van der Waals surface area contributed by atoms with E-state index in [0.717, 1.165) is 12.0 Å². The Morgan fingerprint density at radius 3 is 2.35 bits per heavy atom. The molecule has 1 rings (SSSR count). The van der Waals surface area contributed by atoms with Gasteiger partial charge in [-0.2, -0.15) is 0 Å². The number of carbonyl (C=O) groups excluding carboxylic acids is 1. The normalized spacial score (nSPS) is 15.2. The minimum Gasteiger partial charge on any atom is -0.396 e. The van der Waals surface area contributed by atoms with Crippen LogP contribution in [-0.2, 0) is 4.79 Å². The highest BCUT2D eigenvalue weighted by molar-refractivity contribution is 5.85. The molecule has 0 aliphatic rings. The Hall–Kier alpha value is -1.10. The molecular weight excluding hydrogens is 312 g/mol. The van der Waals surface area contributed by atoms with Gasteiger partial charge in [-0.25, -0.2) is 0 Å². The van der Waals surface area contributed by atoms with Crippen molar-refractivity contribution < 1.29 is 9.90 Å². The minimum atomic E-state index is -0.487. The Labute approximate surface area is 146 Å². The Balaban J connectivity index is 0.00000484. The van der Waals surface area contributed by atoms with Crippen molar-refractivity contribution in [3.8, 4) is 0 Å². The second-order valence-electron chi connectivity index (χ2n) is 6.77. The lowest BCUT2D eigenvalue weighted by atomic mass is 9.75. The van der Waals surface area contributed by atoms with E-state index in [1.54, 1.807) is 0 Å². The number of halogens is 1. The Kier molecular flexibility index (Phi) is 9.44. The lowest BCUT2D eigenvalue weighted by Gasteiger charge is -2.33. The zero-order chi connectivity index (χ0) is 16.8. The topological polar surface area (TPSA) is 75.4 Å². The molecular formula is C18H31ClN2O2. The van der Waals surface area contributed by atoms with Crippen LogP contribution in [-0.4, -0.2) is 30.2 Å². The number of hydrogen-bond donors (Lipinski definition) is 3. The van der Waals surface area contributed by atoms with Crippen molar-refractivity contribution in [3.63, 3.8) is 0 Å². The molecule has 23 heavy (non-hydrogen) atoms. The Bertz CT molecular complexity index is 465. The molecule has 0 spiro atoms. The first-order valence-electron chi connectivity index (χ1n) is 8.02. The maximum atomic E-state index is 12.2. The SMILES string of the molecule is CCC(C)C(N)C(=O)NCC(c1ccccc1)C(C)(C)CO.Cl. The van der Waals surface area contributed by atoms with E-state index in [1.165, 1.54) is 0 Å². The average Bonchev–Trinajstić information content (AvgIpc) is 2.54. The number of nitrogens with two attached hydrogens (primary N) is 1. The largest absolute Gasteiger partial charge is 0.396 e. The second-order valence-corrected chi connectivity index (χ2v) is 6.77. The van der Waals surface area contributed by atoms with E-state index in [2.05, 4.69) is 5.32 Å². The summed E-state index contributed by atoms with van der Waals surface area (Å²) in [5.74, 6) is 0.0665. The fraction of sp³-hybridized carbons (Fsp3) is 0.611. The van der Waals surface area contributed by atoms with Crippen LogP contribution < -0.4 is 11.1 Å². The minimum absolute atomic E-state index is 0. The van der Waals surface area contributed by atoms with Crippen molar-refractivity contribution in [2.75, 3.05) is 13.2 Å². The lowest BCUT2D eigenvalue weighted by molar-refractivity contribution is -0.123. The number of aliphatic hydroxyl groups is 1. The van der Waals surface area contributed by atoms with Gasteiger partial charge in [-0.3, -0.25) is 4.79 Å². The summed E-state index contributed by atoms with van der Waals surface area (Å²) >= 11 is 0. The molecule has 0 bridgehead atoms. The fourth-order valence-corrected chi connectivity index (χ4v) is 2.47. The number of benzene rings is 1. The highest BCUT2D eigenvalue weighted by atomic mass is 35.5. The molecule has 0 fully saturated rings. The highest BCUT2D eigenvalue weighted by Crippen LogP contribution is 2.34. The predicted molar refractivity (Wildman–Crippen MR) is 97.7 cm³/mol. The van der Waals surface area contributed by atoms with Crippen LogP contribution in [0.25, 0.3) is 0 Å². The van der Waals surface area contributed by atoms with Gasteiger partial charge in [0.15, 0.2) is 0 Å². The summed E-state index contributed by atoms with van der Waals surface area (Å²) in [6.07, 6.45) is 0.874. The molecule has 0 aliphatic heterocycles. The number of rotatable bonds is 8. The van der Waals surface area contributed by atoms with Gasteiger partial charge in [-0.15, -0.1) is 12.4 Å². The monoisotopic (exact) mass is 342 g/mol. The molecule has 0 aromatic heterocycles. The lowest BCUT2D eigenvalue weighted by Crippen LogP contribution is -2.47. The predicted octanol–water partition coefficient (Wildman–Crippen LogP) is 2.70. The molecule has 0 radical (unpaired) electrons. The van der Waals surface area contributed by atoms with Gasteiger partial charge in [-0.05, 0) is 16.9 Å². The highest BCUT2D eigenvalue weighted by Gasteiger charge is 2.31. The van der Waals surface area contributed by atoms with Crippen molar-refractivity contribution in [2.24, 2.45) is 17.1 Å². The van der Waals surface area contributed by atoms with Crippen LogP contribution in [0.15, 0.2) is 30.3 Å². The van der Waals surface area contributed by atoms with Crippen LogP contribution in [0.1, 0.15) is 45.6 Å². The fourth-order valence-electron chi connectivity index (χ4n) is 2.47. The third-order valence-electron chi connectivity index (χ3n) is 4.59. The molecule has 1 aromatic rings. The van der Waals surface area contributed by atoms with E-state index in [4.69, 9.17) is 5.73 Å². The molecule has 1 amide bonds. The molecule has 132 valence electrons. The average molecular weight is 343 g/mol. The first-order chi connectivity index (χ1) is 10.3. The van der Waals surface area contributed by atoms with Gasteiger partial charge in [0.25, 0.3) is 0 Å². The third kappa shape index (κ3) is 6.13. The molecule has 0 saturated carbocycles. The second kappa shape index (κ2) is 9.91. The first-order valence-corrected chi connectivity index (χ1v) is 8.02. The van der Waals surface area contributed by atoms with Gasteiger partial charge >= 0.3 is 0 Å². The summed E-state index contributed by atoms with van der Waals surface area (Å²) in [6, 6.07) is 9.49. The number of aliphatic hydroxyl groups excluding tert-OH is 1. The molecule has 0 saturated heterocycles. The number of hydrogen-bond acceptors (Lipinski definition) is 3. The van der Waals surface area contributed by atoms with Crippen molar-refractivity contribution in [2.45, 2.75) is 46.1 Å². The molecule has 1 aromatic carbocycles. The zero-order valence-corrected chi connectivity index (χ0v) is 15.4. The number of nitrogens with one attached hydrogen (secondary N) is 1. The molecule has 4 N–H and O–H groups in total. The van der Waals surface area contributed by atoms with Crippen LogP contribution in [0, 0.1) is 11.3 Å². The van der Waals surface area contributed by atoms with E-state index >= 15 is 0 Å². The van der Waals surface area contributed by atoms with E-state index < -0.39 is 6.04 Å². The maximum Gasteiger partial charge on any atom is 0.237 e. The van der Waals surface area contributed by atoms with Gasteiger partial charge in [0.1, 0.15) is 0 Å². The van der Waals surface area contributed by atoms with E-state index in [9.17, 15) is 9.90 Å². The number of carbonyl (C=O) groups is 1. The van der Waals surface area contributed by atoms with Gasteiger partial charge in [0, 0.05) is 19.1 Å². The summed E-state index contributed by atoms with van der Waals surface area (Å²) in [5, 5.41) is 12.7. The maximum absolute atomic E-state index is 12.2. The first kappa shape index (κ1) is 21.9. The molecule has 3 atom stereocenters. The zero-order valence-electron chi connectivity index (χ0n) is 14.6. The summed E-state index contributed by atoms with van der Waals surface area (Å²) in [4.78, 5) is 12.2. The van der Waals surface area contributed by atoms with Crippen LogP contribution >= 0.6 is 12.4 Å². The van der Waals surface area contributed by atoms with Crippen LogP contribution in [0.2, 0.25) is 0 Å². The van der Waals surface area contributed by atoms with Crippen molar-refractivity contribution in [3.05, 3.63) is 35.9 Å². The summed E-state index contributed by atoms with van der Waals surface area (Å²) in [5.41, 5.74) is 6.76. The molecule has 0 heterocycles. The van der Waals surface area contributed by atoms with E-state index in [0.29, 0.717) is 6.54 Å². The summed E-state index contributed by atoms with van der Waals surface area (Å²) < 4.78 is 0. The quantitative estimate of drug-likeness (QED) is 0.680. The van der Waals surface area contributed by atoms with E-state index in [-0.39, 0.29) is 42.2 Å². The molecule has 3 unspecified atom stereocenters. The van der Waals surface area contributed by atoms with Gasteiger partial charge in [0.2, 0.25) is 5.91 Å². The van der Waals surface area contributed by atoms with E-state index in [1.807, 2.05) is 58.0 Å². The van der Waals surface area contributed by atoms with Gasteiger partial charge in [0.05, 0.1) is 6.04 Å². The summed E-state index contributed by atoms with van der Waals surface area (Å²) in [6.45, 7) is 8.55. The van der Waals surface area contributed by atoms with Crippen molar-refractivity contribution in [1.29, 1.82) is 0 Å². The van der Waals surface area contributed by atoms with Crippen LogP contribution in [0.4, 0.5) is 0 Å². The standard InChI is InChI=1S/C18H30N2O2.ClH/c1-5-13(2)16(19)17(22)20-11-15(18(3,4)12-21)14-9-7-6-8-10-14;/h6-10,13,15-16,21H,5,11-12,19H2,1-4H3,(H,20,22);1H. The van der Waals surface area contributed by atoms with Gasteiger partial charge < -0.3 is 16.2 Å². The Morgan fingerprint density at radius 1 is 1.30 bits per heavy atom. The molecule has 0 aliphatic carbocycles. The van der Waals surface area contributed by atoms with Crippen LogP contribution in [0.5, 0.6) is 0 Å².